The number of nitrogens with one attached hydrogen (secondary N) is 3. The molecule has 632 valence electrons. The molecular formula is C63H107N3O39S4. The van der Waals surface area contributed by atoms with Crippen molar-refractivity contribution in [1.29, 1.82) is 0 Å². The van der Waals surface area contributed by atoms with E-state index in [-0.39, 0.29) is 93.3 Å². The Morgan fingerprint density at radius 1 is 0.367 bits per heavy atom. The van der Waals surface area contributed by atoms with Crippen LogP contribution >= 0.6 is 48.8 Å². The minimum absolute atomic E-state index is 0.0103. The molecule has 21 aliphatic heterocycles. The smallest absolute Gasteiger partial charge is 0.238 e. The topological polar surface area (TPSA) is 636 Å². The summed E-state index contributed by atoms with van der Waals surface area (Å²) in [5.41, 5.74) is 0. The maximum atomic E-state index is 13.7. The molecule has 14 bridgehead atoms. The van der Waals surface area contributed by atoms with Crippen LogP contribution in [0, 0.1) is 5.92 Å². The van der Waals surface area contributed by atoms with E-state index < -0.39 is 278 Å². The van der Waals surface area contributed by atoms with Crippen LogP contribution in [0.3, 0.4) is 0 Å². The van der Waals surface area contributed by atoms with Crippen LogP contribution in [0.5, 0.6) is 0 Å². The zero-order valence-electron chi connectivity index (χ0n) is 59.4. The second-order valence-electron chi connectivity index (χ2n) is 27.1. The van der Waals surface area contributed by atoms with Crippen molar-refractivity contribution in [2.45, 2.75) is 247 Å². The van der Waals surface area contributed by atoms with Crippen LogP contribution in [0.4, 0.5) is 0 Å². The lowest BCUT2D eigenvalue weighted by molar-refractivity contribution is -0.395. The molecule has 42 nitrogen and oxygen atoms in total. The largest absolute Gasteiger partial charge is 0.394 e. The number of aliphatic hydroxyl groups is 19. The third kappa shape index (κ3) is 23.6. The number of hydrogen-bond acceptors (Lipinski definition) is 44. The number of ketones is 2. The SMILES string of the molecule is CNC(CSCC1O[C@@H]2O[C@@H]3C(CO)O[C@H](O[C@@H]4C(CO)O[C@H](O[C@H]5C(CO)O[C@H](O[C@@H]6C(CSC[C@@H](CC(=O)CCOCCOCCC(C)=O)C(=O)NCCS)O[C@H](O[C@@H]7C(CO)O[C@H](O[C@@H]8C(CO)O[C@H](O[C@H]1[C@H](O)C2O)C(O)[C@H]8O)C(O)[C@H]7O)C(O)[C@H]6O)C(O)[C@H]5O)C(O)[C@H]4O)C(O)[C@H]3O)C(=O)NCCS. The molecule has 21 heterocycles. The van der Waals surface area contributed by atoms with Gasteiger partial charge in [-0.15, -0.1) is 0 Å². The minimum Gasteiger partial charge on any atom is -0.394 e. The van der Waals surface area contributed by atoms with Crippen molar-refractivity contribution in [2.75, 3.05) is 114 Å². The van der Waals surface area contributed by atoms with E-state index in [9.17, 15) is 116 Å². The second-order valence-corrected chi connectivity index (χ2v) is 30.1. The van der Waals surface area contributed by atoms with Crippen LogP contribution in [0.1, 0.15) is 26.2 Å². The summed E-state index contributed by atoms with van der Waals surface area (Å²) in [5, 5.41) is 227. The quantitative estimate of drug-likeness (QED) is 0.0226. The molecule has 21 aliphatic rings. The lowest BCUT2D eigenvalue weighted by atomic mass is 9.95. The summed E-state index contributed by atoms with van der Waals surface area (Å²) in [6.45, 7) is -3.37. The summed E-state index contributed by atoms with van der Waals surface area (Å²) in [6.07, 6.45) is -72.0. The number of Topliss-reactive ketones (excluding diaryl/α,β-unsaturated/α-hetero) is 2. The maximum absolute atomic E-state index is 13.7. The highest BCUT2D eigenvalue weighted by Crippen LogP contribution is 2.40. The van der Waals surface area contributed by atoms with Crippen LogP contribution in [0.15, 0.2) is 0 Å². The van der Waals surface area contributed by atoms with Crippen molar-refractivity contribution >= 4 is 72.2 Å². The monoisotopic (exact) mass is 1660 g/mol. The fourth-order valence-electron chi connectivity index (χ4n) is 13.3. The molecule has 0 aromatic rings. The van der Waals surface area contributed by atoms with E-state index in [1.807, 2.05) is 0 Å². The Kier molecular flexibility index (Phi) is 38.0. The number of rotatable bonds is 31. The van der Waals surface area contributed by atoms with Crippen LogP contribution in [0.2, 0.25) is 0 Å². The van der Waals surface area contributed by atoms with Gasteiger partial charge in [-0.1, -0.05) is 0 Å². The Bertz CT molecular complexity index is 2740. The van der Waals surface area contributed by atoms with Crippen molar-refractivity contribution in [1.82, 2.24) is 16.0 Å². The van der Waals surface area contributed by atoms with Crippen molar-refractivity contribution in [3.63, 3.8) is 0 Å². The molecule has 21 rings (SSSR count). The van der Waals surface area contributed by atoms with Crippen LogP contribution in [-0.2, 0) is 95.0 Å². The first-order valence-corrected chi connectivity index (χ1v) is 39.2. The minimum atomic E-state index is -2.29. The molecule has 2 amide bonds. The second kappa shape index (κ2) is 44.7. The predicted octanol–water partition coefficient (Wildman–Crippen LogP) is -13.1. The highest BCUT2D eigenvalue weighted by Gasteiger charge is 2.60. The highest BCUT2D eigenvalue weighted by molar-refractivity contribution is 7.99. The van der Waals surface area contributed by atoms with Crippen molar-refractivity contribution in [3.05, 3.63) is 0 Å². The van der Waals surface area contributed by atoms with Gasteiger partial charge in [-0.2, -0.15) is 48.8 Å². The summed E-state index contributed by atoms with van der Waals surface area (Å²) < 4.78 is 94.6. The number of ether oxygens (including phenoxy) is 16. The number of aliphatic hydroxyl groups excluding tert-OH is 19. The molecule has 37 atom stereocenters. The molecule has 0 saturated carbocycles. The first-order chi connectivity index (χ1) is 52.1. The average Bonchev–Trinajstić information content (AvgIpc) is 0.804. The van der Waals surface area contributed by atoms with Crippen LogP contribution in [-0.4, -0.2) is 456 Å². The Balaban J connectivity index is 1.09. The lowest BCUT2D eigenvalue weighted by Gasteiger charge is -2.50. The van der Waals surface area contributed by atoms with Gasteiger partial charge in [0.2, 0.25) is 11.8 Å². The van der Waals surface area contributed by atoms with E-state index in [1.165, 1.54) is 14.0 Å². The molecule has 0 aromatic heterocycles. The van der Waals surface area contributed by atoms with Crippen LogP contribution in [0.25, 0.3) is 0 Å². The van der Waals surface area contributed by atoms with Gasteiger partial charge in [0.05, 0.1) is 83.6 Å². The molecule has 22 N–H and O–H groups in total. The molecular weight excluding hydrogens is 1550 g/mol. The summed E-state index contributed by atoms with van der Waals surface area (Å²) in [4.78, 5) is 51.3. The van der Waals surface area contributed by atoms with E-state index in [4.69, 9.17) is 75.8 Å². The molecule has 0 radical (unpaired) electrons. The number of amides is 2. The Morgan fingerprint density at radius 3 is 0.908 bits per heavy atom. The van der Waals surface area contributed by atoms with Crippen molar-refractivity contribution in [3.8, 4) is 0 Å². The van der Waals surface area contributed by atoms with Gasteiger partial charge in [-0.25, -0.2) is 0 Å². The summed E-state index contributed by atoms with van der Waals surface area (Å²) >= 11 is 10.2. The number of carbonyl (C=O) groups excluding carboxylic acids is 4. The molecule has 15 unspecified atom stereocenters. The van der Waals surface area contributed by atoms with Gasteiger partial charge in [-0.05, 0) is 14.0 Å². The number of thioether (sulfide) groups is 2. The summed E-state index contributed by atoms with van der Waals surface area (Å²) in [5.74, 6) is -2.89. The third-order valence-electron chi connectivity index (χ3n) is 19.4. The molecule has 21 fully saturated rings. The first-order valence-electron chi connectivity index (χ1n) is 35.6. The predicted molar refractivity (Wildman–Crippen MR) is 370 cm³/mol. The van der Waals surface area contributed by atoms with E-state index in [2.05, 4.69) is 41.2 Å². The normalized spacial score (nSPS) is 43.0. The van der Waals surface area contributed by atoms with Gasteiger partial charge < -0.3 is 189 Å². The van der Waals surface area contributed by atoms with Crippen molar-refractivity contribution < 1.29 is 192 Å². The van der Waals surface area contributed by atoms with Gasteiger partial charge in [0.25, 0.3) is 0 Å². The molecule has 0 aromatic carbocycles. The Labute approximate surface area is 644 Å². The zero-order chi connectivity index (χ0) is 79.7. The Hall–Kier alpha value is -1.76. The van der Waals surface area contributed by atoms with E-state index in [1.54, 1.807) is 0 Å². The fourth-order valence-corrected chi connectivity index (χ4v) is 15.9. The Morgan fingerprint density at radius 2 is 0.633 bits per heavy atom. The molecule has 46 heteroatoms. The summed E-state index contributed by atoms with van der Waals surface area (Å²) in [6, 6.07) is -0.860. The number of hydrogen-bond donors (Lipinski definition) is 24. The third-order valence-corrected chi connectivity index (χ3v) is 22.2. The van der Waals surface area contributed by atoms with E-state index in [0.29, 0.717) is 5.75 Å². The van der Waals surface area contributed by atoms with Crippen molar-refractivity contribution in [2.24, 2.45) is 5.92 Å². The molecule has 0 spiro atoms. The maximum Gasteiger partial charge on any atom is 0.238 e. The number of thiol groups is 2. The van der Waals surface area contributed by atoms with Gasteiger partial charge in [0.1, 0.15) is 170 Å². The number of carbonyl (C=O) groups is 4. The summed E-state index contributed by atoms with van der Waals surface area (Å²) in [7, 11) is 1.50. The standard InChI is InChI=1S/C63H107N3O39S4/c1-23(72)3-7-90-9-10-91-8-4-25(73)13-24(55(88)65-5-11-106)19-108-21-32-53-39(79)46(86)62(97-32)102-51-30(17-70)93-59(42(82)35(51)75)101-50-29(16-69)96-61(45(85)38(50)78)105-54-33(22-109-20-26(64-2)56(89)66-6-12-107)98-63(47(87)40(54)80)103-52-31(18-71)94-58(43(83)36(52)76)99-48-27(14-67)92-57(41(81)34(48)74)100-49-28(15-68)95-60(104-53)44(84)37(49)77/h24,26-54,57-64,67-71,74-87,106-107H,3-22H2,1-2H3,(H,65,88)(H,66,89)/t24-,26?,27?,28?,29?,30?,31?,32?,33?,34-,35-,36-,37-,38-,39-,40-,41?,42?,43?,44?,45?,46?,47?,48-,49+,50-,51-,52-,53-,54-,57-,58-,59-,60-,61-,62-,63-/m1/s1. The molecule has 109 heavy (non-hydrogen) atoms. The highest BCUT2D eigenvalue weighted by atomic mass is 32.2. The molecule has 21 saturated heterocycles. The number of likely N-dealkylation sites (N-methyl/N-ethyl adjacent to an activating group) is 1. The fraction of sp³-hybridized carbons (Fsp3) is 0.937. The van der Waals surface area contributed by atoms with Gasteiger partial charge in [0, 0.05) is 66.9 Å². The van der Waals surface area contributed by atoms with E-state index >= 15 is 0 Å². The van der Waals surface area contributed by atoms with Gasteiger partial charge in [-0.3, -0.25) is 19.2 Å². The van der Waals surface area contributed by atoms with Gasteiger partial charge >= 0.3 is 0 Å². The van der Waals surface area contributed by atoms with Crippen LogP contribution < -0.4 is 16.0 Å². The van der Waals surface area contributed by atoms with E-state index in [0.717, 1.165) is 23.5 Å². The average molecular weight is 1660 g/mol. The molecule has 0 aliphatic carbocycles. The van der Waals surface area contributed by atoms with Gasteiger partial charge in [0.15, 0.2) is 44.0 Å². The first kappa shape index (κ1) is 92.7. The lowest BCUT2D eigenvalue weighted by Crippen LogP contribution is -2.68. The zero-order valence-corrected chi connectivity index (χ0v) is 62.8.